The van der Waals surface area contributed by atoms with Crippen molar-refractivity contribution in [1.29, 1.82) is 0 Å². The van der Waals surface area contributed by atoms with Crippen LogP contribution in [0.5, 0.6) is 5.75 Å². The molecule has 6 nitrogen and oxygen atoms in total. The number of aliphatic carboxylic acids is 1. The van der Waals surface area contributed by atoms with E-state index in [-0.39, 0.29) is 11.9 Å². The zero-order valence-electron chi connectivity index (χ0n) is 14.5. The normalized spacial score (nSPS) is 26.8. The lowest BCUT2D eigenvalue weighted by molar-refractivity contribution is -0.161. The number of carboxylic acids is 1. The largest absolute Gasteiger partial charge is 0.497 e. The van der Waals surface area contributed by atoms with E-state index in [4.69, 9.17) is 16.3 Å². The first-order valence-electron chi connectivity index (χ1n) is 8.45. The molecular weight excluding hydrogens is 344 g/mol. The van der Waals surface area contributed by atoms with Crippen LogP contribution in [0.3, 0.4) is 0 Å². The number of benzene rings is 1. The minimum Gasteiger partial charge on any atom is -0.497 e. The Labute approximate surface area is 152 Å². The molecule has 3 rings (SSSR count). The number of piperidine rings is 2. The highest BCUT2D eigenvalue weighted by Crippen LogP contribution is 2.42. The van der Waals surface area contributed by atoms with Gasteiger partial charge in [0.1, 0.15) is 5.75 Å². The maximum Gasteiger partial charge on any atom is 0.311 e. The number of methoxy groups -OCH3 is 1. The molecule has 136 valence electrons. The zero-order chi connectivity index (χ0) is 18.2. The van der Waals surface area contributed by atoms with Gasteiger partial charge in [-0.15, -0.1) is 0 Å². The summed E-state index contributed by atoms with van der Waals surface area (Å²) >= 11 is 6.07. The van der Waals surface area contributed by atoms with E-state index < -0.39 is 11.4 Å². The summed E-state index contributed by atoms with van der Waals surface area (Å²) in [6.45, 7) is 1.70. The Hall–Kier alpha value is -1.79. The second-order valence-corrected chi connectivity index (χ2v) is 7.38. The molecule has 1 aromatic carbocycles. The van der Waals surface area contributed by atoms with Crippen molar-refractivity contribution in [2.24, 2.45) is 5.41 Å². The predicted octanol–water partition coefficient (Wildman–Crippen LogP) is 2.36. The van der Waals surface area contributed by atoms with Gasteiger partial charge in [0, 0.05) is 29.7 Å². The summed E-state index contributed by atoms with van der Waals surface area (Å²) in [5.41, 5.74) is -0.291. The molecule has 2 aliphatic rings. The van der Waals surface area contributed by atoms with Crippen LogP contribution in [0, 0.1) is 5.41 Å². The lowest BCUT2D eigenvalue weighted by Gasteiger charge is -2.51. The number of ether oxygens (including phenoxy) is 1. The molecule has 0 spiro atoms. The molecule has 2 fully saturated rings. The number of nitrogens with zero attached hydrogens (tertiary/aromatic N) is 2. The lowest BCUT2D eigenvalue weighted by atomic mass is 9.68. The zero-order valence-corrected chi connectivity index (χ0v) is 15.3. The minimum absolute atomic E-state index is 0.140. The highest BCUT2D eigenvalue weighted by molar-refractivity contribution is 6.31. The van der Waals surface area contributed by atoms with E-state index >= 15 is 0 Å². The van der Waals surface area contributed by atoms with Gasteiger partial charge in [0.2, 0.25) is 0 Å². The number of hydrogen-bond acceptors (Lipinski definition) is 4. The van der Waals surface area contributed by atoms with Crippen molar-refractivity contribution in [2.75, 3.05) is 33.8 Å². The Kier molecular flexibility index (Phi) is 4.93. The summed E-state index contributed by atoms with van der Waals surface area (Å²) in [7, 11) is 3.47. The van der Waals surface area contributed by atoms with E-state index in [0.717, 1.165) is 13.0 Å². The van der Waals surface area contributed by atoms with Crippen LogP contribution in [0.4, 0.5) is 0 Å². The maximum absolute atomic E-state index is 12.9. The monoisotopic (exact) mass is 366 g/mol. The van der Waals surface area contributed by atoms with E-state index in [1.54, 1.807) is 23.1 Å². The molecule has 0 saturated carbocycles. The van der Waals surface area contributed by atoms with Crippen LogP contribution in [0.1, 0.15) is 29.6 Å². The number of halogens is 1. The van der Waals surface area contributed by atoms with Gasteiger partial charge in [-0.05, 0) is 51.1 Å². The van der Waals surface area contributed by atoms with Gasteiger partial charge in [0.05, 0.1) is 12.5 Å². The van der Waals surface area contributed by atoms with E-state index in [1.807, 2.05) is 7.05 Å². The fourth-order valence-electron chi connectivity index (χ4n) is 4.16. The summed E-state index contributed by atoms with van der Waals surface area (Å²) in [6, 6.07) is 4.77. The number of carboxylic acid groups (broad SMARTS) is 1. The van der Waals surface area contributed by atoms with Gasteiger partial charge in [-0.1, -0.05) is 11.6 Å². The van der Waals surface area contributed by atoms with Crippen LogP contribution in [0.2, 0.25) is 5.02 Å². The quantitative estimate of drug-likeness (QED) is 0.889. The molecule has 0 unspecified atom stereocenters. The average molecular weight is 367 g/mol. The fourth-order valence-corrected chi connectivity index (χ4v) is 4.38. The number of carbonyl (C=O) groups excluding carboxylic acids is 1. The Balaban J connectivity index is 1.85. The number of hydrogen-bond donors (Lipinski definition) is 1. The molecule has 2 saturated heterocycles. The minimum atomic E-state index is -0.754. The molecule has 2 heterocycles. The lowest BCUT2D eigenvalue weighted by Crippen LogP contribution is -2.63. The molecule has 0 bridgehead atoms. The SMILES string of the molecule is COc1cc(Cl)cc(C(=O)N2CC[C@@]3(C(=O)O)CCCN(C)[C@@H]3C2)c1. The van der Waals surface area contributed by atoms with Crippen LogP contribution < -0.4 is 4.74 Å². The molecule has 25 heavy (non-hydrogen) atoms. The van der Waals surface area contributed by atoms with E-state index in [9.17, 15) is 14.7 Å². The first-order chi connectivity index (χ1) is 11.9. The van der Waals surface area contributed by atoms with Gasteiger partial charge in [-0.3, -0.25) is 9.59 Å². The number of carbonyl (C=O) groups is 2. The van der Waals surface area contributed by atoms with Gasteiger partial charge >= 0.3 is 5.97 Å². The van der Waals surface area contributed by atoms with Crippen molar-refractivity contribution < 1.29 is 19.4 Å². The molecular formula is C18H23ClN2O4. The van der Waals surface area contributed by atoms with E-state index in [1.165, 1.54) is 7.11 Å². The van der Waals surface area contributed by atoms with Crippen LogP contribution >= 0.6 is 11.6 Å². The number of likely N-dealkylation sites (N-methyl/N-ethyl adjacent to an activating group) is 1. The second-order valence-electron chi connectivity index (χ2n) is 6.94. The molecule has 7 heteroatoms. The Morgan fingerprint density at radius 1 is 1.28 bits per heavy atom. The number of rotatable bonds is 3. The molecule has 0 radical (unpaired) electrons. The Bertz CT molecular complexity index is 696. The van der Waals surface area contributed by atoms with Crippen LogP contribution in [-0.2, 0) is 4.79 Å². The Morgan fingerprint density at radius 2 is 2.04 bits per heavy atom. The summed E-state index contributed by atoms with van der Waals surface area (Å²) in [5, 5.41) is 10.3. The Morgan fingerprint density at radius 3 is 2.72 bits per heavy atom. The summed E-state index contributed by atoms with van der Waals surface area (Å²) in [4.78, 5) is 28.7. The van der Waals surface area contributed by atoms with E-state index in [0.29, 0.717) is 42.3 Å². The third-order valence-electron chi connectivity index (χ3n) is 5.59. The van der Waals surface area contributed by atoms with Crippen LogP contribution in [0.15, 0.2) is 18.2 Å². The van der Waals surface area contributed by atoms with Crippen molar-refractivity contribution in [2.45, 2.75) is 25.3 Å². The number of likely N-dealkylation sites (tertiary alicyclic amines) is 2. The molecule has 0 aliphatic carbocycles. The summed E-state index contributed by atoms with van der Waals surface area (Å²) < 4.78 is 5.18. The number of amides is 1. The highest BCUT2D eigenvalue weighted by atomic mass is 35.5. The highest BCUT2D eigenvalue weighted by Gasteiger charge is 2.52. The first kappa shape index (κ1) is 18.0. The van der Waals surface area contributed by atoms with E-state index in [2.05, 4.69) is 4.90 Å². The molecule has 2 aliphatic heterocycles. The fraction of sp³-hybridized carbons (Fsp3) is 0.556. The van der Waals surface area contributed by atoms with Crippen molar-refractivity contribution in [1.82, 2.24) is 9.80 Å². The van der Waals surface area contributed by atoms with Gasteiger partial charge in [0.25, 0.3) is 5.91 Å². The smallest absolute Gasteiger partial charge is 0.311 e. The standard InChI is InChI=1S/C18H23ClN2O4/c1-20-6-3-4-18(17(23)24)5-7-21(11-15(18)20)16(22)12-8-13(19)10-14(9-12)25-2/h8-10,15H,3-7,11H2,1-2H3,(H,23,24)/t15-,18+/m1/s1. The van der Waals surface area contributed by atoms with Crippen molar-refractivity contribution in [3.8, 4) is 5.75 Å². The summed E-state index contributed by atoms with van der Waals surface area (Å²) in [6.07, 6.45) is 2.02. The third kappa shape index (κ3) is 3.20. The van der Waals surface area contributed by atoms with Crippen molar-refractivity contribution in [3.63, 3.8) is 0 Å². The topological polar surface area (TPSA) is 70.1 Å². The van der Waals surface area contributed by atoms with Gasteiger partial charge < -0.3 is 19.6 Å². The summed E-state index contributed by atoms with van der Waals surface area (Å²) in [5.74, 6) is -0.359. The average Bonchev–Trinajstić information content (AvgIpc) is 2.60. The molecule has 1 N–H and O–H groups in total. The van der Waals surface area contributed by atoms with Gasteiger partial charge in [0.15, 0.2) is 0 Å². The van der Waals surface area contributed by atoms with Crippen LogP contribution in [0.25, 0.3) is 0 Å². The molecule has 0 aromatic heterocycles. The second kappa shape index (κ2) is 6.84. The van der Waals surface area contributed by atoms with Crippen LogP contribution in [-0.4, -0.2) is 66.6 Å². The predicted molar refractivity (Wildman–Crippen MR) is 94.2 cm³/mol. The first-order valence-corrected chi connectivity index (χ1v) is 8.82. The molecule has 2 atom stereocenters. The maximum atomic E-state index is 12.9. The molecule has 1 aromatic rings. The van der Waals surface area contributed by atoms with Crippen molar-refractivity contribution in [3.05, 3.63) is 28.8 Å². The van der Waals surface area contributed by atoms with Gasteiger partial charge in [-0.25, -0.2) is 0 Å². The van der Waals surface area contributed by atoms with Crippen molar-refractivity contribution >= 4 is 23.5 Å². The third-order valence-corrected chi connectivity index (χ3v) is 5.81. The molecule has 1 amide bonds. The number of fused-ring (bicyclic) bond motifs is 1. The van der Waals surface area contributed by atoms with Gasteiger partial charge in [-0.2, -0.15) is 0 Å².